The van der Waals surface area contributed by atoms with E-state index in [0.717, 1.165) is 22.4 Å². The predicted molar refractivity (Wildman–Crippen MR) is 136 cm³/mol. The number of amides is 2. The highest BCUT2D eigenvalue weighted by Gasteiger charge is 2.17. The van der Waals surface area contributed by atoms with Gasteiger partial charge in [-0.2, -0.15) is 0 Å². The van der Waals surface area contributed by atoms with Crippen molar-refractivity contribution in [2.45, 2.75) is 31.3 Å². The SMILES string of the molecule is Cc1ccc(NC(=O)NCc2nnc(SCc3ccccc3)n2-c2ccc([N+](=O)[O-])cc2)c(C)c1. The maximum atomic E-state index is 12.5. The van der Waals surface area contributed by atoms with Gasteiger partial charge in [-0.15, -0.1) is 10.2 Å². The van der Waals surface area contributed by atoms with Gasteiger partial charge in [-0.3, -0.25) is 14.7 Å². The third-order valence-corrected chi connectivity index (χ3v) is 6.27. The van der Waals surface area contributed by atoms with Gasteiger partial charge in [0.25, 0.3) is 5.69 Å². The average Bonchev–Trinajstić information content (AvgIpc) is 3.26. The molecular formula is C25H24N6O3S. The number of carbonyl (C=O) groups is 1. The zero-order valence-electron chi connectivity index (χ0n) is 19.3. The zero-order chi connectivity index (χ0) is 24.8. The molecule has 4 rings (SSSR count). The van der Waals surface area contributed by atoms with Crippen LogP contribution in [0.1, 0.15) is 22.5 Å². The summed E-state index contributed by atoms with van der Waals surface area (Å²) >= 11 is 1.49. The van der Waals surface area contributed by atoms with Gasteiger partial charge in [0, 0.05) is 29.3 Å². The molecule has 0 saturated heterocycles. The standard InChI is InChI=1S/C25H24N6O3S/c1-17-8-13-22(18(2)14-17)27-24(32)26-15-23-28-29-25(35-16-19-6-4-3-5-7-19)30(23)20-9-11-21(12-10-20)31(33)34/h3-14H,15-16H2,1-2H3,(H2,26,27,32). The maximum absolute atomic E-state index is 12.5. The highest BCUT2D eigenvalue weighted by Crippen LogP contribution is 2.26. The first kappa shape index (κ1) is 24.0. The van der Waals surface area contributed by atoms with Crippen molar-refractivity contribution in [1.29, 1.82) is 0 Å². The number of nitrogens with zero attached hydrogens (tertiary/aromatic N) is 4. The second-order valence-corrected chi connectivity index (χ2v) is 8.85. The molecule has 2 N–H and O–H groups in total. The quantitative estimate of drug-likeness (QED) is 0.195. The molecule has 0 saturated carbocycles. The first-order chi connectivity index (χ1) is 16.9. The number of aryl methyl sites for hydroxylation is 2. The van der Waals surface area contributed by atoms with Gasteiger partial charge < -0.3 is 10.6 Å². The van der Waals surface area contributed by atoms with Crippen molar-refractivity contribution >= 4 is 29.2 Å². The lowest BCUT2D eigenvalue weighted by Gasteiger charge is -2.12. The Morgan fingerprint density at radius 3 is 2.46 bits per heavy atom. The Balaban J connectivity index is 1.54. The summed E-state index contributed by atoms with van der Waals surface area (Å²) in [6, 6.07) is 21.6. The van der Waals surface area contributed by atoms with Crippen LogP contribution in [0.5, 0.6) is 0 Å². The monoisotopic (exact) mass is 488 g/mol. The fraction of sp³-hybridized carbons (Fsp3) is 0.160. The Kier molecular flexibility index (Phi) is 7.41. The molecule has 0 aliphatic rings. The van der Waals surface area contributed by atoms with Gasteiger partial charge in [0.2, 0.25) is 0 Å². The largest absolute Gasteiger partial charge is 0.331 e. The van der Waals surface area contributed by atoms with Crippen LogP contribution in [0, 0.1) is 24.0 Å². The minimum absolute atomic E-state index is 0.00664. The fourth-order valence-corrected chi connectivity index (χ4v) is 4.42. The molecule has 1 aromatic heterocycles. The minimum Gasteiger partial charge on any atom is -0.331 e. The van der Waals surface area contributed by atoms with Crippen LogP contribution in [0.3, 0.4) is 0 Å². The lowest BCUT2D eigenvalue weighted by atomic mass is 10.1. The first-order valence-corrected chi connectivity index (χ1v) is 11.9. The number of hydrogen-bond donors (Lipinski definition) is 2. The molecule has 0 spiro atoms. The molecule has 0 aliphatic heterocycles. The van der Waals surface area contributed by atoms with Crippen molar-refractivity contribution in [2.75, 3.05) is 5.32 Å². The van der Waals surface area contributed by atoms with Gasteiger partial charge in [0.15, 0.2) is 11.0 Å². The Labute approximate surface area is 206 Å². The van der Waals surface area contributed by atoms with E-state index in [4.69, 9.17) is 0 Å². The molecule has 178 valence electrons. The molecule has 10 heteroatoms. The van der Waals surface area contributed by atoms with Crippen molar-refractivity contribution in [3.05, 3.63) is 105 Å². The van der Waals surface area contributed by atoms with Crippen molar-refractivity contribution in [3.8, 4) is 5.69 Å². The van der Waals surface area contributed by atoms with E-state index in [9.17, 15) is 14.9 Å². The van der Waals surface area contributed by atoms with Crippen molar-refractivity contribution in [3.63, 3.8) is 0 Å². The first-order valence-electron chi connectivity index (χ1n) is 10.9. The van der Waals surface area contributed by atoms with E-state index < -0.39 is 4.92 Å². The van der Waals surface area contributed by atoms with E-state index in [1.54, 1.807) is 16.7 Å². The fourth-order valence-electron chi connectivity index (χ4n) is 3.49. The van der Waals surface area contributed by atoms with Gasteiger partial charge in [0.05, 0.1) is 11.5 Å². The molecule has 35 heavy (non-hydrogen) atoms. The van der Waals surface area contributed by atoms with Gasteiger partial charge in [0.1, 0.15) is 0 Å². The summed E-state index contributed by atoms with van der Waals surface area (Å²) in [5, 5.41) is 26.0. The average molecular weight is 489 g/mol. The number of anilines is 1. The summed E-state index contributed by atoms with van der Waals surface area (Å²) in [6.07, 6.45) is 0. The number of thioether (sulfide) groups is 1. The third-order valence-electron chi connectivity index (χ3n) is 5.27. The van der Waals surface area contributed by atoms with Crippen LogP contribution in [0.25, 0.3) is 5.69 Å². The summed E-state index contributed by atoms with van der Waals surface area (Å²) in [4.78, 5) is 23.2. The predicted octanol–water partition coefficient (Wildman–Crippen LogP) is 5.41. The number of urea groups is 1. The summed E-state index contributed by atoms with van der Waals surface area (Å²) in [5.41, 5.74) is 4.60. The van der Waals surface area contributed by atoms with E-state index in [0.29, 0.717) is 22.4 Å². The number of nitrogens with one attached hydrogen (secondary N) is 2. The Morgan fingerprint density at radius 1 is 1.03 bits per heavy atom. The van der Waals surface area contributed by atoms with Crippen LogP contribution in [0.4, 0.5) is 16.2 Å². The number of carbonyl (C=O) groups excluding carboxylic acids is 1. The van der Waals surface area contributed by atoms with Crippen molar-refractivity contribution in [2.24, 2.45) is 0 Å². The van der Waals surface area contributed by atoms with E-state index in [-0.39, 0.29) is 18.3 Å². The zero-order valence-corrected chi connectivity index (χ0v) is 20.1. The summed E-state index contributed by atoms with van der Waals surface area (Å²) in [6.45, 7) is 4.05. The Bertz CT molecular complexity index is 1340. The number of rotatable bonds is 8. The summed E-state index contributed by atoms with van der Waals surface area (Å²) in [5.74, 6) is 1.18. The second kappa shape index (κ2) is 10.8. The highest BCUT2D eigenvalue weighted by molar-refractivity contribution is 7.98. The molecule has 1 heterocycles. The lowest BCUT2D eigenvalue weighted by molar-refractivity contribution is -0.384. The molecule has 4 aromatic rings. The highest BCUT2D eigenvalue weighted by atomic mass is 32.2. The van der Waals surface area contributed by atoms with Crippen LogP contribution < -0.4 is 10.6 Å². The molecule has 0 aliphatic carbocycles. The number of nitro benzene ring substituents is 1. The maximum Gasteiger partial charge on any atom is 0.319 e. The number of nitro groups is 1. The number of non-ortho nitro benzene ring substituents is 1. The topological polar surface area (TPSA) is 115 Å². The molecule has 0 radical (unpaired) electrons. The van der Waals surface area contributed by atoms with E-state index in [2.05, 4.69) is 20.8 Å². The summed E-state index contributed by atoms with van der Waals surface area (Å²) in [7, 11) is 0. The molecule has 0 atom stereocenters. The van der Waals surface area contributed by atoms with Crippen LogP contribution in [-0.2, 0) is 12.3 Å². The molecule has 0 bridgehead atoms. The molecule has 2 amide bonds. The van der Waals surface area contributed by atoms with Crippen LogP contribution >= 0.6 is 11.8 Å². The van der Waals surface area contributed by atoms with Crippen LogP contribution in [-0.4, -0.2) is 25.7 Å². The second-order valence-electron chi connectivity index (χ2n) is 7.91. The van der Waals surface area contributed by atoms with E-state index >= 15 is 0 Å². The molecule has 0 fully saturated rings. The molecule has 0 unspecified atom stereocenters. The molecule has 9 nitrogen and oxygen atoms in total. The smallest absolute Gasteiger partial charge is 0.319 e. The van der Waals surface area contributed by atoms with Crippen LogP contribution in [0.2, 0.25) is 0 Å². The number of aromatic nitrogens is 3. The van der Waals surface area contributed by atoms with E-state index in [1.165, 1.54) is 23.9 Å². The minimum atomic E-state index is -0.444. The van der Waals surface area contributed by atoms with Gasteiger partial charge in [-0.25, -0.2) is 4.79 Å². The van der Waals surface area contributed by atoms with Gasteiger partial charge >= 0.3 is 6.03 Å². The lowest BCUT2D eigenvalue weighted by Crippen LogP contribution is -2.29. The Morgan fingerprint density at radius 2 is 1.77 bits per heavy atom. The van der Waals surface area contributed by atoms with Crippen LogP contribution in [0.15, 0.2) is 78.0 Å². The van der Waals surface area contributed by atoms with Gasteiger partial charge in [-0.1, -0.05) is 59.8 Å². The number of benzene rings is 3. The normalized spacial score (nSPS) is 10.7. The van der Waals surface area contributed by atoms with Crippen molar-refractivity contribution in [1.82, 2.24) is 20.1 Å². The van der Waals surface area contributed by atoms with E-state index in [1.807, 2.05) is 62.4 Å². The Hall–Kier alpha value is -4.18. The number of hydrogen-bond acceptors (Lipinski definition) is 6. The molecular weight excluding hydrogens is 464 g/mol. The molecule has 3 aromatic carbocycles. The third kappa shape index (κ3) is 6.04. The van der Waals surface area contributed by atoms with Crippen molar-refractivity contribution < 1.29 is 9.72 Å². The van der Waals surface area contributed by atoms with Gasteiger partial charge in [-0.05, 0) is 43.2 Å². The summed E-state index contributed by atoms with van der Waals surface area (Å²) < 4.78 is 1.80.